The quantitative estimate of drug-likeness (QED) is 0.190. The van der Waals surface area contributed by atoms with Crippen molar-refractivity contribution in [1.29, 1.82) is 0 Å². The summed E-state index contributed by atoms with van der Waals surface area (Å²) < 4.78 is 139. The highest BCUT2D eigenvalue weighted by molar-refractivity contribution is 5.90. The third-order valence-electron chi connectivity index (χ3n) is 7.25. The van der Waals surface area contributed by atoms with Crippen LogP contribution < -0.4 is 10.2 Å². The number of halogens is 9. The van der Waals surface area contributed by atoms with Gasteiger partial charge in [-0.05, 0) is 67.3 Å². The van der Waals surface area contributed by atoms with Crippen LogP contribution in [0.2, 0.25) is 0 Å². The summed E-state index contributed by atoms with van der Waals surface area (Å²) in [5.74, 6) is -1.63. The summed E-state index contributed by atoms with van der Waals surface area (Å²) in [5, 5.41) is 6.51. The molecular formula is C29H27F9N4O5. The Bertz CT molecular complexity index is 1570. The van der Waals surface area contributed by atoms with Crippen LogP contribution in [0.15, 0.2) is 40.9 Å². The van der Waals surface area contributed by atoms with Gasteiger partial charge in [0.05, 0.1) is 35.0 Å². The molecule has 2 heterocycles. The van der Waals surface area contributed by atoms with Crippen LogP contribution in [0.1, 0.15) is 85.2 Å². The van der Waals surface area contributed by atoms with Gasteiger partial charge in [-0.15, -0.1) is 0 Å². The maximum Gasteiger partial charge on any atom is 0.416 e. The van der Waals surface area contributed by atoms with E-state index < -0.39 is 83.4 Å². The molecule has 4 rings (SSSR count). The van der Waals surface area contributed by atoms with Gasteiger partial charge in [-0.2, -0.15) is 44.5 Å². The molecule has 1 amide bonds. The molecule has 256 valence electrons. The second kappa shape index (κ2) is 13.4. The van der Waals surface area contributed by atoms with Gasteiger partial charge in [-0.1, -0.05) is 12.1 Å². The van der Waals surface area contributed by atoms with Gasteiger partial charge in [0.1, 0.15) is 0 Å². The normalized spacial score (nSPS) is 17.7. The highest BCUT2D eigenvalue weighted by Crippen LogP contribution is 2.44. The van der Waals surface area contributed by atoms with E-state index in [4.69, 9.17) is 14.0 Å². The van der Waals surface area contributed by atoms with Gasteiger partial charge in [0.25, 0.3) is 5.89 Å². The second-order valence-corrected chi connectivity index (χ2v) is 10.5. The van der Waals surface area contributed by atoms with Crippen LogP contribution in [-0.4, -0.2) is 34.9 Å². The zero-order chi connectivity index (χ0) is 34.9. The molecule has 3 aromatic rings. The molecule has 9 nitrogen and oxygen atoms in total. The Morgan fingerprint density at radius 2 is 1.55 bits per heavy atom. The number of ether oxygens (including phenoxy) is 2. The maximum atomic E-state index is 13.8. The van der Waals surface area contributed by atoms with Gasteiger partial charge in [-0.25, -0.2) is 4.79 Å². The molecule has 1 aliphatic heterocycles. The fraction of sp³-hybridized carbons (Fsp3) is 0.448. The van der Waals surface area contributed by atoms with Crippen molar-refractivity contribution in [2.45, 2.75) is 76.9 Å². The molecule has 18 heteroatoms. The molecule has 0 aliphatic carbocycles. The number of hydrogen-bond acceptors (Lipinski definition) is 8. The summed E-state index contributed by atoms with van der Waals surface area (Å²) in [6.07, 6.45) is -16.1. The second-order valence-electron chi connectivity index (χ2n) is 10.5. The van der Waals surface area contributed by atoms with Crippen molar-refractivity contribution in [3.63, 3.8) is 0 Å². The number of esters is 1. The van der Waals surface area contributed by atoms with E-state index in [0.717, 1.165) is 30.0 Å². The van der Waals surface area contributed by atoms with Crippen LogP contribution >= 0.6 is 0 Å². The number of amides is 1. The van der Waals surface area contributed by atoms with Gasteiger partial charge in [0.2, 0.25) is 0 Å². The summed E-state index contributed by atoms with van der Waals surface area (Å²) in [4.78, 5) is 29.3. The largest absolute Gasteiger partial charge is 0.456 e. The van der Waals surface area contributed by atoms with Gasteiger partial charge in [-0.3, -0.25) is 15.0 Å². The summed E-state index contributed by atoms with van der Waals surface area (Å²) >= 11 is 0. The number of alkyl halides is 9. The lowest BCUT2D eigenvalue weighted by molar-refractivity contribution is -0.144. The van der Waals surface area contributed by atoms with Crippen molar-refractivity contribution < 1.29 is 63.1 Å². The molecule has 3 atom stereocenters. The number of benzene rings is 2. The Hall–Kier alpha value is -4.35. The Kier molecular flexibility index (Phi) is 10.1. The lowest BCUT2D eigenvalue weighted by Crippen LogP contribution is -2.47. The lowest BCUT2D eigenvalue weighted by atomic mass is 9.87. The number of nitrogens with one attached hydrogen (secondary N) is 1. The summed E-state index contributed by atoms with van der Waals surface area (Å²) in [5.41, 5.74) is -5.27. The monoisotopic (exact) mass is 682 g/mol. The molecule has 1 unspecified atom stereocenters. The molecule has 0 saturated carbocycles. The first-order valence-corrected chi connectivity index (χ1v) is 14.0. The van der Waals surface area contributed by atoms with Crippen LogP contribution in [0.25, 0.3) is 0 Å². The van der Waals surface area contributed by atoms with E-state index in [0.29, 0.717) is 12.1 Å². The SMILES string of the molecule is CCOC(=O)N1c2ccc(C(F)(F)F)cc2[C@@H](NC(c2cc(C(F)(F)F)cc(C(F)(F)F)c2)c2noc(COC(C)=O)n2)C[C@H]1CC. The predicted octanol–water partition coefficient (Wildman–Crippen LogP) is 7.75. The third kappa shape index (κ3) is 8.15. The number of fused-ring (bicyclic) bond motifs is 1. The van der Waals surface area contributed by atoms with Crippen molar-refractivity contribution in [2.24, 2.45) is 0 Å². The number of carbonyl (C=O) groups is 2. The minimum atomic E-state index is -5.23. The van der Waals surface area contributed by atoms with Gasteiger partial charge in [0.15, 0.2) is 12.4 Å². The zero-order valence-electron chi connectivity index (χ0n) is 24.8. The zero-order valence-corrected chi connectivity index (χ0v) is 24.8. The van der Waals surface area contributed by atoms with E-state index >= 15 is 0 Å². The average Bonchev–Trinajstić information content (AvgIpc) is 3.45. The standard InChI is InChI=1S/C29H27F9N4O5/c1-4-19-12-21(20-11-16(27(30,31)32)6-7-22(20)42(19)26(44)45-5-2)39-24(25-40-23(47-41-25)13-46-14(3)43)15-8-17(28(33,34)35)10-18(9-15)29(36,37)38/h6-11,19,21,24,39H,4-5,12-13H2,1-3H3/t19-,21+,24?/m1/s1. The first-order chi connectivity index (χ1) is 21.8. The Morgan fingerprint density at radius 1 is 0.936 bits per heavy atom. The maximum absolute atomic E-state index is 13.8. The molecule has 1 N–H and O–H groups in total. The summed E-state index contributed by atoms with van der Waals surface area (Å²) in [6, 6.07) is -0.414. The summed E-state index contributed by atoms with van der Waals surface area (Å²) in [6.45, 7) is 3.61. The molecule has 0 bridgehead atoms. The van der Waals surface area contributed by atoms with Crippen LogP contribution in [0.4, 0.5) is 50.0 Å². The van der Waals surface area contributed by atoms with E-state index in [1.54, 1.807) is 6.92 Å². The third-order valence-corrected chi connectivity index (χ3v) is 7.25. The first kappa shape index (κ1) is 35.5. The van der Waals surface area contributed by atoms with Gasteiger partial charge < -0.3 is 14.0 Å². The van der Waals surface area contributed by atoms with Gasteiger partial charge in [0, 0.05) is 19.0 Å². The topological polar surface area (TPSA) is 107 Å². The van der Waals surface area contributed by atoms with Crippen molar-refractivity contribution in [3.8, 4) is 0 Å². The Morgan fingerprint density at radius 3 is 2.09 bits per heavy atom. The molecule has 0 radical (unpaired) electrons. The number of hydrogen-bond donors (Lipinski definition) is 1. The number of aromatic nitrogens is 2. The molecule has 1 aliphatic rings. The van der Waals surface area contributed by atoms with Crippen molar-refractivity contribution in [2.75, 3.05) is 11.5 Å². The van der Waals surface area contributed by atoms with Crippen LogP contribution in [0.3, 0.4) is 0 Å². The van der Waals surface area contributed by atoms with Crippen LogP contribution in [0.5, 0.6) is 0 Å². The minimum Gasteiger partial charge on any atom is -0.456 e. The average molecular weight is 683 g/mol. The Balaban J connectivity index is 1.92. The van der Waals surface area contributed by atoms with Crippen molar-refractivity contribution in [1.82, 2.24) is 15.5 Å². The summed E-state index contributed by atoms with van der Waals surface area (Å²) in [7, 11) is 0. The van der Waals surface area contributed by atoms with E-state index in [-0.39, 0.29) is 42.7 Å². The van der Waals surface area contributed by atoms with E-state index in [9.17, 15) is 49.1 Å². The highest BCUT2D eigenvalue weighted by atomic mass is 19.4. The van der Waals surface area contributed by atoms with E-state index in [2.05, 4.69) is 15.5 Å². The molecule has 0 fully saturated rings. The Labute approximate surface area is 261 Å². The molecule has 1 aromatic heterocycles. The van der Waals surface area contributed by atoms with Crippen molar-refractivity contribution >= 4 is 17.7 Å². The van der Waals surface area contributed by atoms with Gasteiger partial charge >= 0.3 is 30.6 Å². The fourth-order valence-electron chi connectivity index (χ4n) is 5.15. The molecule has 47 heavy (non-hydrogen) atoms. The van der Waals surface area contributed by atoms with E-state index in [1.165, 1.54) is 6.92 Å². The molecule has 0 spiro atoms. The smallest absolute Gasteiger partial charge is 0.416 e. The molecule has 0 saturated heterocycles. The first-order valence-electron chi connectivity index (χ1n) is 14.0. The fourth-order valence-corrected chi connectivity index (χ4v) is 5.15. The van der Waals surface area contributed by atoms with E-state index in [1.807, 2.05) is 0 Å². The minimum absolute atomic E-state index is 0.0190. The van der Waals surface area contributed by atoms with Crippen LogP contribution in [0, 0.1) is 0 Å². The number of nitrogens with zero attached hydrogens (tertiary/aromatic N) is 3. The number of anilines is 1. The number of rotatable bonds is 8. The van der Waals surface area contributed by atoms with Crippen molar-refractivity contribution in [3.05, 3.63) is 75.9 Å². The molecule has 2 aromatic carbocycles. The van der Waals surface area contributed by atoms with Crippen LogP contribution in [-0.2, 0) is 39.4 Å². The predicted molar refractivity (Wildman–Crippen MR) is 144 cm³/mol. The lowest BCUT2D eigenvalue weighted by Gasteiger charge is -2.41. The highest BCUT2D eigenvalue weighted by Gasteiger charge is 2.42. The number of carbonyl (C=O) groups excluding carboxylic acids is 2. The molecular weight excluding hydrogens is 655 g/mol.